The molecule has 0 bridgehead atoms. The van der Waals surface area contributed by atoms with Crippen molar-refractivity contribution >= 4 is 12.4 Å². The topological polar surface area (TPSA) is 29.3 Å². The first kappa shape index (κ1) is 16.3. The van der Waals surface area contributed by atoms with E-state index in [-0.39, 0.29) is 18.4 Å². The molecule has 0 amide bonds. The SMILES string of the molecule is Cc1cc(C(F)(F)F)ccc1CN1CCC(N)C1.Cl. The molecule has 1 atom stereocenters. The molecule has 1 aliphatic rings. The van der Waals surface area contributed by atoms with E-state index < -0.39 is 11.7 Å². The number of rotatable bonds is 2. The van der Waals surface area contributed by atoms with Gasteiger partial charge in [0.05, 0.1) is 5.56 Å². The van der Waals surface area contributed by atoms with Crippen molar-refractivity contribution < 1.29 is 13.2 Å². The molecule has 0 saturated carbocycles. The largest absolute Gasteiger partial charge is 0.416 e. The summed E-state index contributed by atoms with van der Waals surface area (Å²) in [6.07, 6.45) is -3.31. The Morgan fingerprint density at radius 2 is 2.05 bits per heavy atom. The molecule has 1 heterocycles. The Bertz CT molecular complexity index is 434. The smallest absolute Gasteiger partial charge is 0.326 e. The van der Waals surface area contributed by atoms with E-state index in [2.05, 4.69) is 4.90 Å². The second-order valence-corrected chi connectivity index (χ2v) is 4.92. The zero-order valence-electron chi connectivity index (χ0n) is 10.7. The van der Waals surface area contributed by atoms with Crippen LogP contribution in [0.1, 0.15) is 23.1 Å². The number of halogens is 4. The molecule has 2 nitrogen and oxygen atoms in total. The van der Waals surface area contributed by atoms with Crippen LogP contribution in [0.3, 0.4) is 0 Å². The van der Waals surface area contributed by atoms with Gasteiger partial charge >= 0.3 is 6.18 Å². The lowest BCUT2D eigenvalue weighted by Crippen LogP contribution is -2.26. The molecule has 2 N–H and O–H groups in total. The van der Waals surface area contributed by atoms with E-state index in [1.54, 1.807) is 13.0 Å². The van der Waals surface area contributed by atoms with Gasteiger partial charge in [0.15, 0.2) is 0 Å². The fraction of sp³-hybridized carbons (Fsp3) is 0.538. The van der Waals surface area contributed by atoms with Crippen LogP contribution in [0.25, 0.3) is 0 Å². The quantitative estimate of drug-likeness (QED) is 0.908. The minimum atomic E-state index is -4.26. The highest BCUT2D eigenvalue weighted by Gasteiger charge is 2.30. The van der Waals surface area contributed by atoms with Crippen LogP contribution >= 0.6 is 12.4 Å². The fourth-order valence-electron chi connectivity index (χ4n) is 2.30. The van der Waals surface area contributed by atoms with Crippen molar-refractivity contribution in [2.75, 3.05) is 13.1 Å². The maximum atomic E-state index is 12.5. The van der Waals surface area contributed by atoms with Gasteiger partial charge < -0.3 is 5.73 Å². The zero-order valence-corrected chi connectivity index (χ0v) is 11.5. The first-order valence-electron chi connectivity index (χ1n) is 6.01. The van der Waals surface area contributed by atoms with Gasteiger partial charge in [-0.05, 0) is 36.6 Å². The van der Waals surface area contributed by atoms with Crippen LogP contribution in [0.5, 0.6) is 0 Å². The number of nitrogens with two attached hydrogens (primary N) is 1. The highest BCUT2D eigenvalue weighted by atomic mass is 35.5. The molecule has 0 spiro atoms. The van der Waals surface area contributed by atoms with Crippen LogP contribution < -0.4 is 5.73 Å². The Kier molecular flexibility index (Phi) is 5.24. The molecule has 1 aromatic rings. The van der Waals surface area contributed by atoms with E-state index in [4.69, 9.17) is 5.73 Å². The monoisotopic (exact) mass is 294 g/mol. The van der Waals surface area contributed by atoms with E-state index in [9.17, 15) is 13.2 Å². The molecule has 1 saturated heterocycles. The molecule has 108 valence electrons. The second-order valence-electron chi connectivity index (χ2n) is 4.92. The average Bonchev–Trinajstić information content (AvgIpc) is 2.65. The standard InChI is InChI=1S/C13H17F3N2.ClH/c1-9-6-11(13(14,15)16)3-2-10(9)7-18-5-4-12(17)8-18;/h2-3,6,12H,4-5,7-8,17H2,1H3;1H. The Hall–Kier alpha value is -0.780. The summed E-state index contributed by atoms with van der Waals surface area (Å²) in [6.45, 7) is 4.14. The van der Waals surface area contributed by atoms with Crippen LogP contribution in [-0.2, 0) is 12.7 Å². The summed E-state index contributed by atoms with van der Waals surface area (Å²) in [4.78, 5) is 2.18. The number of aryl methyl sites for hydroxylation is 1. The number of hydrogen-bond acceptors (Lipinski definition) is 2. The summed E-state index contributed by atoms with van der Waals surface area (Å²) in [5, 5.41) is 0. The van der Waals surface area contributed by atoms with Crippen molar-refractivity contribution in [2.24, 2.45) is 5.73 Å². The molecule has 6 heteroatoms. The van der Waals surface area contributed by atoms with Crippen molar-refractivity contribution in [2.45, 2.75) is 32.1 Å². The van der Waals surface area contributed by atoms with Crippen LogP contribution in [0.2, 0.25) is 0 Å². The van der Waals surface area contributed by atoms with Gasteiger partial charge in [0.1, 0.15) is 0 Å². The lowest BCUT2D eigenvalue weighted by atomic mass is 10.0. The molecule has 0 aromatic heterocycles. The molecule has 1 aliphatic heterocycles. The third kappa shape index (κ3) is 4.09. The van der Waals surface area contributed by atoms with Crippen LogP contribution in [0, 0.1) is 6.92 Å². The third-order valence-corrected chi connectivity index (χ3v) is 3.37. The lowest BCUT2D eigenvalue weighted by Gasteiger charge is -2.17. The van der Waals surface area contributed by atoms with Crippen molar-refractivity contribution in [3.63, 3.8) is 0 Å². The van der Waals surface area contributed by atoms with E-state index in [0.717, 1.165) is 31.1 Å². The van der Waals surface area contributed by atoms with Crippen molar-refractivity contribution in [1.82, 2.24) is 4.90 Å². The Balaban J connectivity index is 0.00000180. The number of nitrogens with zero attached hydrogens (tertiary/aromatic N) is 1. The van der Waals surface area contributed by atoms with E-state index in [1.807, 2.05) is 0 Å². The first-order chi connectivity index (χ1) is 8.36. The van der Waals surface area contributed by atoms with Gasteiger partial charge in [-0.2, -0.15) is 13.2 Å². The molecule has 1 aromatic carbocycles. The predicted octanol–water partition coefficient (Wildman–Crippen LogP) is 2.97. The summed E-state index contributed by atoms with van der Waals surface area (Å²) in [7, 11) is 0. The van der Waals surface area contributed by atoms with Gasteiger partial charge in [0, 0.05) is 25.7 Å². The summed E-state index contributed by atoms with van der Waals surface area (Å²) in [6, 6.07) is 4.13. The van der Waals surface area contributed by atoms with Gasteiger partial charge in [-0.25, -0.2) is 0 Å². The van der Waals surface area contributed by atoms with Crippen molar-refractivity contribution in [3.8, 4) is 0 Å². The van der Waals surface area contributed by atoms with Gasteiger partial charge in [-0.15, -0.1) is 12.4 Å². The first-order valence-corrected chi connectivity index (χ1v) is 6.01. The zero-order chi connectivity index (χ0) is 13.3. The Labute approximate surface area is 117 Å². The summed E-state index contributed by atoms with van der Waals surface area (Å²) >= 11 is 0. The molecular formula is C13H18ClF3N2. The number of alkyl halides is 3. The summed E-state index contributed by atoms with van der Waals surface area (Å²) in [5.41, 5.74) is 6.85. The van der Waals surface area contributed by atoms with E-state index in [0.29, 0.717) is 12.1 Å². The number of benzene rings is 1. The Morgan fingerprint density at radius 3 is 2.53 bits per heavy atom. The highest BCUT2D eigenvalue weighted by Crippen LogP contribution is 2.30. The molecule has 19 heavy (non-hydrogen) atoms. The third-order valence-electron chi connectivity index (χ3n) is 3.37. The number of likely N-dealkylation sites (tertiary alicyclic amines) is 1. The Morgan fingerprint density at radius 1 is 1.37 bits per heavy atom. The lowest BCUT2D eigenvalue weighted by molar-refractivity contribution is -0.137. The minimum Gasteiger partial charge on any atom is -0.326 e. The molecule has 1 unspecified atom stereocenters. The van der Waals surface area contributed by atoms with Crippen molar-refractivity contribution in [1.29, 1.82) is 0 Å². The van der Waals surface area contributed by atoms with Crippen LogP contribution in [0.15, 0.2) is 18.2 Å². The fourth-order valence-corrected chi connectivity index (χ4v) is 2.30. The van der Waals surface area contributed by atoms with Crippen LogP contribution in [-0.4, -0.2) is 24.0 Å². The van der Waals surface area contributed by atoms with E-state index in [1.165, 1.54) is 6.07 Å². The maximum Gasteiger partial charge on any atom is 0.416 e. The molecule has 1 fully saturated rings. The molecular weight excluding hydrogens is 277 g/mol. The maximum absolute atomic E-state index is 12.5. The van der Waals surface area contributed by atoms with Gasteiger partial charge in [0.2, 0.25) is 0 Å². The predicted molar refractivity (Wildman–Crippen MR) is 71.3 cm³/mol. The van der Waals surface area contributed by atoms with E-state index >= 15 is 0 Å². The van der Waals surface area contributed by atoms with Crippen LogP contribution in [0.4, 0.5) is 13.2 Å². The van der Waals surface area contributed by atoms with Gasteiger partial charge in [0.25, 0.3) is 0 Å². The molecule has 2 rings (SSSR count). The molecule has 0 aliphatic carbocycles. The normalized spacial score (nSPS) is 20.4. The van der Waals surface area contributed by atoms with Gasteiger partial charge in [-0.1, -0.05) is 6.07 Å². The van der Waals surface area contributed by atoms with Gasteiger partial charge in [-0.3, -0.25) is 4.90 Å². The highest BCUT2D eigenvalue weighted by molar-refractivity contribution is 5.85. The van der Waals surface area contributed by atoms with Crippen molar-refractivity contribution in [3.05, 3.63) is 34.9 Å². The molecule has 0 radical (unpaired) electrons. The summed E-state index contributed by atoms with van der Waals surface area (Å²) < 4.78 is 37.6. The minimum absolute atomic E-state index is 0. The summed E-state index contributed by atoms with van der Waals surface area (Å²) in [5.74, 6) is 0. The average molecular weight is 295 g/mol. The number of hydrogen-bond donors (Lipinski definition) is 1. The second kappa shape index (κ2) is 6.11.